The quantitative estimate of drug-likeness (QED) is 0.502. The molecule has 0 N–H and O–H groups in total. The maximum atomic E-state index is 15.0. The molecule has 0 radical (unpaired) electrons. The summed E-state index contributed by atoms with van der Waals surface area (Å²) in [6.45, 7) is 2.04. The molecule has 0 aromatic heterocycles. The summed E-state index contributed by atoms with van der Waals surface area (Å²) in [5.74, 6) is -1.29. The molecule has 1 saturated carbocycles. The van der Waals surface area contributed by atoms with E-state index in [1.807, 2.05) is 0 Å². The van der Waals surface area contributed by atoms with E-state index in [-0.39, 0.29) is 43.6 Å². The minimum absolute atomic E-state index is 0.0162. The van der Waals surface area contributed by atoms with Crippen LogP contribution in [0.5, 0.6) is 0 Å². The Kier molecular flexibility index (Phi) is 7.44. The van der Waals surface area contributed by atoms with Gasteiger partial charge in [-0.05, 0) is 37.7 Å². The molecule has 3 fully saturated rings. The molecular formula is C25H33FN2O5. The zero-order valence-electron chi connectivity index (χ0n) is 19.3. The number of carbonyl (C=O) groups excluding carboxylic acids is 3. The molecule has 2 atom stereocenters. The Morgan fingerprint density at radius 2 is 2.00 bits per heavy atom. The average molecular weight is 461 g/mol. The van der Waals surface area contributed by atoms with Crippen molar-refractivity contribution in [1.29, 1.82) is 0 Å². The number of amides is 3. The van der Waals surface area contributed by atoms with E-state index in [1.165, 1.54) is 19.2 Å². The van der Waals surface area contributed by atoms with E-state index in [2.05, 4.69) is 0 Å². The van der Waals surface area contributed by atoms with E-state index in [4.69, 9.17) is 9.47 Å². The van der Waals surface area contributed by atoms with Crippen molar-refractivity contribution >= 4 is 17.7 Å². The van der Waals surface area contributed by atoms with Crippen molar-refractivity contribution in [3.63, 3.8) is 0 Å². The molecule has 1 aromatic carbocycles. The van der Waals surface area contributed by atoms with Crippen molar-refractivity contribution in [3.05, 3.63) is 35.6 Å². The minimum Gasteiger partial charge on any atom is -0.383 e. The molecule has 33 heavy (non-hydrogen) atoms. The maximum Gasteiger partial charge on any atom is 0.241 e. The summed E-state index contributed by atoms with van der Waals surface area (Å²) >= 11 is 0. The highest BCUT2D eigenvalue weighted by Crippen LogP contribution is 2.41. The van der Waals surface area contributed by atoms with E-state index in [0.29, 0.717) is 25.6 Å². The van der Waals surface area contributed by atoms with Gasteiger partial charge in [0.2, 0.25) is 17.7 Å². The highest BCUT2D eigenvalue weighted by Gasteiger charge is 2.55. The summed E-state index contributed by atoms with van der Waals surface area (Å²) in [5, 5.41) is 0. The van der Waals surface area contributed by atoms with Crippen molar-refractivity contribution in [1.82, 2.24) is 9.80 Å². The zero-order valence-corrected chi connectivity index (χ0v) is 19.3. The lowest BCUT2D eigenvalue weighted by Crippen LogP contribution is -2.47. The van der Waals surface area contributed by atoms with Crippen LogP contribution in [-0.2, 0) is 29.3 Å². The van der Waals surface area contributed by atoms with Crippen LogP contribution in [-0.4, -0.2) is 73.6 Å². The van der Waals surface area contributed by atoms with Crippen LogP contribution >= 0.6 is 0 Å². The van der Waals surface area contributed by atoms with Gasteiger partial charge in [0.05, 0.1) is 24.7 Å². The van der Waals surface area contributed by atoms with Gasteiger partial charge in [-0.25, -0.2) is 4.39 Å². The number of likely N-dealkylation sites (tertiary alicyclic amines) is 1. The third-order valence-corrected chi connectivity index (χ3v) is 7.27. The molecule has 180 valence electrons. The van der Waals surface area contributed by atoms with Crippen LogP contribution in [0.15, 0.2) is 24.3 Å². The van der Waals surface area contributed by atoms with Gasteiger partial charge in [-0.3, -0.25) is 19.3 Å². The number of methoxy groups -OCH3 is 1. The molecule has 3 amide bonds. The van der Waals surface area contributed by atoms with E-state index in [9.17, 15) is 18.8 Å². The van der Waals surface area contributed by atoms with Gasteiger partial charge in [0.25, 0.3) is 0 Å². The van der Waals surface area contributed by atoms with Gasteiger partial charge in [0.15, 0.2) is 0 Å². The number of hydrogen-bond donors (Lipinski definition) is 0. The van der Waals surface area contributed by atoms with E-state index >= 15 is 0 Å². The number of carbonyl (C=O) groups is 3. The molecule has 4 rings (SSSR count). The van der Waals surface area contributed by atoms with Crippen LogP contribution in [0.25, 0.3) is 0 Å². The van der Waals surface area contributed by atoms with Gasteiger partial charge in [0.1, 0.15) is 5.82 Å². The second kappa shape index (κ2) is 10.3. The predicted octanol–water partition coefficient (Wildman–Crippen LogP) is 2.67. The van der Waals surface area contributed by atoms with Crippen molar-refractivity contribution in [2.24, 2.45) is 5.92 Å². The Hall–Kier alpha value is -2.32. The maximum absolute atomic E-state index is 15.0. The Morgan fingerprint density at radius 1 is 1.21 bits per heavy atom. The van der Waals surface area contributed by atoms with Gasteiger partial charge >= 0.3 is 0 Å². The lowest BCUT2D eigenvalue weighted by molar-refractivity contribution is -0.144. The monoisotopic (exact) mass is 460 g/mol. The summed E-state index contributed by atoms with van der Waals surface area (Å²) in [5.41, 5.74) is -1.43. The molecule has 0 spiro atoms. The predicted molar refractivity (Wildman–Crippen MR) is 119 cm³/mol. The second-order valence-corrected chi connectivity index (χ2v) is 9.49. The summed E-state index contributed by atoms with van der Waals surface area (Å²) in [7, 11) is 1.49. The topological polar surface area (TPSA) is 76.2 Å². The first-order chi connectivity index (χ1) is 15.9. The lowest BCUT2D eigenvalue weighted by Gasteiger charge is -2.36. The molecule has 3 aliphatic rings. The van der Waals surface area contributed by atoms with Crippen LogP contribution in [0.3, 0.4) is 0 Å². The summed E-state index contributed by atoms with van der Waals surface area (Å²) < 4.78 is 25.8. The van der Waals surface area contributed by atoms with Crippen molar-refractivity contribution in [2.75, 3.05) is 40.0 Å². The number of benzene rings is 1. The average Bonchev–Trinajstić information content (AvgIpc) is 3.35. The fourth-order valence-electron chi connectivity index (χ4n) is 5.17. The molecule has 2 saturated heterocycles. The largest absolute Gasteiger partial charge is 0.383 e. The Balaban J connectivity index is 1.62. The number of halogens is 1. The van der Waals surface area contributed by atoms with Crippen LogP contribution < -0.4 is 0 Å². The first-order valence-electron chi connectivity index (χ1n) is 11.9. The molecule has 0 unspecified atom stereocenters. The second-order valence-electron chi connectivity index (χ2n) is 9.49. The molecule has 7 nitrogen and oxygen atoms in total. The molecule has 2 aliphatic heterocycles. The molecule has 1 aromatic rings. The highest BCUT2D eigenvalue weighted by atomic mass is 19.1. The van der Waals surface area contributed by atoms with Gasteiger partial charge in [-0.1, -0.05) is 24.6 Å². The van der Waals surface area contributed by atoms with Gasteiger partial charge in [-0.2, -0.15) is 0 Å². The number of nitrogens with zero attached hydrogens (tertiary/aromatic N) is 2. The fraction of sp³-hybridized carbons (Fsp3) is 0.640. The first kappa shape index (κ1) is 23.8. The lowest BCUT2D eigenvalue weighted by atomic mass is 9.75. The molecule has 1 aliphatic carbocycles. The number of imide groups is 1. The van der Waals surface area contributed by atoms with Gasteiger partial charge in [-0.15, -0.1) is 0 Å². The Labute approximate surface area is 194 Å². The minimum atomic E-state index is -1.54. The number of ether oxygens (including phenoxy) is 2. The molecular weight excluding hydrogens is 427 g/mol. The Bertz CT molecular complexity index is 883. The summed E-state index contributed by atoms with van der Waals surface area (Å²) in [4.78, 5) is 43.0. The fourth-order valence-corrected chi connectivity index (χ4v) is 5.17. The summed E-state index contributed by atoms with van der Waals surface area (Å²) in [6.07, 6.45) is 4.71. The first-order valence-corrected chi connectivity index (χ1v) is 11.9. The van der Waals surface area contributed by atoms with E-state index in [0.717, 1.165) is 37.0 Å². The molecule has 0 bridgehead atoms. The van der Waals surface area contributed by atoms with Gasteiger partial charge in [0, 0.05) is 45.2 Å². The van der Waals surface area contributed by atoms with Crippen molar-refractivity contribution < 1.29 is 28.2 Å². The Morgan fingerprint density at radius 3 is 2.64 bits per heavy atom. The van der Waals surface area contributed by atoms with E-state index < -0.39 is 23.0 Å². The standard InChI is InChI=1S/C25H33FN2O5/c1-32-13-11-28-23(30)15-25(24(28)31,20-9-2-3-10-21(20)26)14-22(29)27(16-18-6-4-7-18)17-19-8-5-12-33-19/h2-3,9-10,18-19H,4-8,11-17H2,1H3/t19-,25+/m1/s1. The molecule has 2 heterocycles. The third-order valence-electron chi connectivity index (χ3n) is 7.27. The zero-order chi connectivity index (χ0) is 23.4. The van der Waals surface area contributed by atoms with Crippen LogP contribution in [0.1, 0.15) is 50.5 Å². The van der Waals surface area contributed by atoms with Gasteiger partial charge < -0.3 is 14.4 Å². The normalized spacial score (nSPS) is 25.5. The number of hydrogen-bond acceptors (Lipinski definition) is 5. The summed E-state index contributed by atoms with van der Waals surface area (Å²) in [6, 6.07) is 5.97. The highest BCUT2D eigenvalue weighted by molar-refractivity contribution is 6.10. The smallest absolute Gasteiger partial charge is 0.241 e. The van der Waals surface area contributed by atoms with Crippen LogP contribution in [0.4, 0.5) is 4.39 Å². The number of rotatable bonds is 10. The SMILES string of the molecule is COCCN1C(=O)C[C@@](CC(=O)N(CC2CCC2)C[C@H]2CCCO2)(c2ccccc2F)C1=O. The van der Waals surface area contributed by atoms with E-state index in [1.54, 1.807) is 17.0 Å². The van der Waals surface area contributed by atoms with Crippen LogP contribution in [0, 0.1) is 11.7 Å². The molecule has 8 heteroatoms. The van der Waals surface area contributed by atoms with Crippen molar-refractivity contribution in [3.8, 4) is 0 Å². The van der Waals surface area contributed by atoms with Crippen LogP contribution in [0.2, 0.25) is 0 Å². The van der Waals surface area contributed by atoms with Crippen molar-refractivity contribution in [2.45, 2.75) is 56.5 Å². The third kappa shape index (κ3) is 4.96.